The van der Waals surface area contributed by atoms with Gasteiger partial charge in [0.05, 0.1) is 0 Å². The lowest BCUT2D eigenvalue weighted by Crippen LogP contribution is -2.34. The van der Waals surface area contributed by atoms with Crippen molar-refractivity contribution in [2.45, 2.75) is 64.2 Å². The van der Waals surface area contributed by atoms with Gasteiger partial charge in [-0.15, -0.1) is 0 Å². The average molecular weight is 559 g/mol. The molecule has 222 valence electrons. The molecule has 2 amide bonds. The van der Waals surface area contributed by atoms with E-state index in [-0.39, 0.29) is 34.8 Å². The quantitative estimate of drug-likeness (QED) is 0.0961. The predicted molar refractivity (Wildman–Crippen MR) is 155 cm³/mol. The van der Waals surface area contributed by atoms with E-state index < -0.39 is 0 Å². The molecule has 0 radical (unpaired) electrons. The Hall–Kier alpha value is -3.50. The summed E-state index contributed by atoms with van der Waals surface area (Å²) in [5.41, 5.74) is 7.26. The van der Waals surface area contributed by atoms with Crippen LogP contribution in [0.1, 0.15) is 62.5 Å². The Morgan fingerprint density at radius 3 is 1.88 bits per heavy atom. The van der Waals surface area contributed by atoms with Crippen LogP contribution in [0.2, 0.25) is 0 Å². The Labute approximate surface area is 237 Å². The van der Waals surface area contributed by atoms with E-state index in [1.54, 1.807) is 12.1 Å². The van der Waals surface area contributed by atoms with Gasteiger partial charge in [-0.25, -0.2) is 0 Å². The van der Waals surface area contributed by atoms with E-state index in [0.717, 1.165) is 62.7 Å². The molecule has 0 aliphatic rings. The lowest BCUT2D eigenvalue weighted by Gasteiger charge is -2.22. The molecule has 40 heavy (non-hydrogen) atoms. The summed E-state index contributed by atoms with van der Waals surface area (Å²) in [7, 11) is 0. The molecule has 0 bridgehead atoms. The molecule has 0 fully saturated rings. The van der Waals surface area contributed by atoms with Gasteiger partial charge in [0.15, 0.2) is 23.0 Å². The lowest BCUT2D eigenvalue weighted by molar-refractivity contribution is -0.131. The Morgan fingerprint density at radius 1 is 0.675 bits per heavy atom. The van der Waals surface area contributed by atoms with E-state index in [4.69, 9.17) is 5.73 Å². The summed E-state index contributed by atoms with van der Waals surface area (Å²) in [5, 5.41) is 44.2. The second-order valence-corrected chi connectivity index (χ2v) is 10.0. The van der Waals surface area contributed by atoms with Gasteiger partial charge in [0, 0.05) is 32.5 Å². The van der Waals surface area contributed by atoms with Crippen LogP contribution in [-0.2, 0) is 22.4 Å². The van der Waals surface area contributed by atoms with E-state index in [1.807, 2.05) is 4.90 Å². The number of hydrogen-bond acceptors (Lipinski definition) is 8. The molecule has 0 saturated heterocycles. The van der Waals surface area contributed by atoms with E-state index in [0.29, 0.717) is 51.9 Å². The highest BCUT2D eigenvalue weighted by Gasteiger charge is 2.13. The predicted octanol–water partition coefficient (Wildman–Crippen LogP) is 2.91. The Kier molecular flexibility index (Phi) is 15.3. The highest BCUT2D eigenvalue weighted by Crippen LogP contribution is 2.26. The summed E-state index contributed by atoms with van der Waals surface area (Å²) in [6, 6.07) is 9.23. The second-order valence-electron chi connectivity index (χ2n) is 10.0. The lowest BCUT2D eigenvalue weighted by atomic mass is 10.1. The van der Waals surface area contributed by atoms with Crippen molar-refractivity contribution in [3.8, 4) is 23.0 Å². The maximum absolute atomic E-state index is 12.8. The third kappa shape index (κ3) is 13.0. The van der Waals surface area contributed by atoms with Crippen molar-refractivity contribution in [1.82, 2.24) is 15.5 Å². The third-order valence-electron chi connectivity index (χ3n) is 6.72. The van der Waals surface area contributed by atoms with Crippen molar-refractivity contribution in [1.29, 1.82) is 0 Å². The van der Waals surface area contributed by atoms with Crippen molar-refractivity contribution >= 4 is 11.8 Å². The summed E-state index contributed by atoms with van der Waals surface area (Å²) in [6.45, 7) is 4.23. The molecule has 10 heteroatoms. The third-order valence-corrected chi connectivity index (χ3v) is 6.72. The molecule has 0 spiro atoms. The molecule has 0 heterocycles. The summed E-state index contributed by atoms with van der Waals surface area (Å²) in [4.78, 5) is 26.6. The van der Waals surface area contributed by atoms with Gasteiger partial charge in [-0.1, -0.05) is 25.0 Å². The SMILES string of the molecule is NCCCN(CCCCCCNCCCNC(=O)CCc1ccc(O)c(O)c1)C(=O)CCc1ccc(O)c(O)c1. The fraction of sp³-hybridized carbons (Fsp3) is 0.533. The van der Waals surface area contributed by atoms with Crippen molar-refractivity contribution in [2.75, 3.05) is 39.3 Å². The number of phenolic OH excluding ortho intramolecular Hbond substituents is 4. The number of nitrogens with zero attached hydrogens (tertiary/aromatic N) is 1. The van der Waals surface area contributed by atoms with Crippen molar-refractivity contribution in [3.63, 3.8) is 0 Å². The number of benzene rings is 2. The Morgan fingerprint density at radius 2 is 1.25 bits per heavy atom. The van der Waals surface area contributed by atoms with Gasteiger partial charge in [0.25, 0.3) is 0 Å². The molecule has 2 aromatic rings. The number of phenols is 4. The molecule has 0 unspecified atom stereocenters. The standard InChI is InChI=1S/C30H46N4O6/c31-15-5-20-34(30(40)14-10-24-8-12-26(36)28(38)22-24)19-4-2-1-3-16-32-17-6-18-33-29(39)13-9-23-7-11-25(35)27(37)21-23/h7-8,11-12,21-22,32,35-38H,1-6,9-10,13-20,31H2,(H,33,39). The summed E-state index contributed by atoms with van der Waals surface area (Å²) in [6.07, 6.45) is 7.38. The number of nitrogens with one attached hydrogen (secondary N) is 2. The number of hydrogen-bond donors (Lipinski definition) is 7. The van der Waals surface area contributed by atoms with Crippen LogP contribution in [0.5, 0.6) is 23.0 Å². The monoisotopic (exact) mass is 558 g/mol. The van der Waals surface area contributed by atoms with Crippen molar-refractivity contribution in [2.24, 2.45) is 5.73 Å². The van der Waals surface area contributed by atoms with Crippen LogP contribution >= 0.6 is 0 Å². The van der Waals surface area contributed by atoms with Gasteiger partial charge < -0.3 is 41.7 Å². The van der Waals surface area contributed by atoms with Gasteiger partial charge in [-0.05, 0) is 93.6 Å². The zero-order chi connectivity index (χ0) is 29.2. The second kappa shape index (κ2) is 18.7. The van der Waals surface area contributed by atoms with E-state index in [2.05, 4.69) is 10.6 Å². The normalized spacial score (nSPS) is 10.9. The maximum atomic E-state index is 12.8. The van der Waals surface area contributed by atoms with Crippen LogP contribution < -0.4 is 16.4 Å². The highest BCUT2D eigenvalue weighted by molar-refractivity contribution is 5.76. The summed E-state index contributed by atoms with van der Waals surface area (Å²) < 4.78 is 0. The minimum absolute atomic E-state index is 0.0359. The first kappa shape index (κ1) is 32.7. The maximum Gasteiger partial charge on any atom is 0.222 e. The van der Waals surface area contributed by atoms with E-state index in [9.17, 15) is 30.0 Å². The van der Waals surface area contributed by atoms with E-state index in [1.165, 1.54) is 24.3 Å². The number of aromatic hydroxyl groups is 4. The van der Waals surface area contributed by atoms with Crippen molar-refractivity contribution in [3.05, 3.63) is 47.5 Å². The van der Waals surface area contributed by atoms with E-state index >= 15 is 0 Å². The van der Waals surface area contributed by atoms with Crippen LogP contribution in [-0.4, -0.2) is 76.4 Å². The first-order valence-corrected chi connectivity index (χ1v) is 14.3. The van der Waals surface area contributed by atoms with Crippen LogP contribution in [0, 0.1) is 0 Å². The molecule has 0 aliphatic carbocycles. The number of aryl methyl sites for hydroxylation is 2. The Balaban J connectivity index is 1.49. The largest absolute Gasteiger partial charge is 0.504 e. The fourth-order valence-electron chi connectivity index (χ4n) is 4.32. The first-order chi connectivity index (χ1) is 19.3. The molecular weight excluding hydrogens is 512 g/mol. The smallest absolute Gasteiger partial charge is 0.222 e. The van der Waals surface area contributed by atoms with Gasteiger partial charge in [0.1, 0.15) is 0 Å². The zero-order valence-electron chi connectivity index (χ0n) is 23.4. The van der Waals surface area contributed by atoms with Crippen LogP contribution in [0.4, 0.5) is 0 Å². The molecule has 10 nitrogen and oxygen atoms in total. The van der Waals surface area contributed by atoms with Gasteiger partial charge >= 0.3 is 0 Å². The van der Waals surface area contributed by atoms with Crippen LogP contribution in [0.25, 0.3) is 0 Å². The minimum atomic E-state index is -0.176. The van der Waals surface area contributed by atoms with Crippen molar-refractivity contribution < 1.29 is 30.0 Å². The number of rotatable bonds is 20. The Bertz CT molecular complexity index is 1050. The van der Waals surface area contributed by atoms with Gasteiger partial charge in [0.2, 0.25) is 11.8 Å². The summed E-state index contributed by atoms with van der Waals surface area (Å²) >= 11 is 0. The fourth-order valence-corrected chi connectivity index (χ4v) is 4.32. The number of unbranched alkanes of at least 4 members (excludes halogenated alkanes) is 3. The molecule has 0 atom stereocenters. The number of amides is 2. The first-order valence-electron chi connectivity index (χ1n) is 14.3. The van der Waals surface area contributed by atoms with Gasteiger partial charge in [-0.2, -0.15) is 0 Å². The van der Waals surface area contributed by atoms with Gasteiger partial charge in [-0.3, -0.25) is 9.59 Å². The topological polar surface area (TPSA) is 168 Å². The molecule has 2 aromatic carbocycles. The molecule has 0 aliphatic heterocycles. The number of nitrogens with two attached hydrogens (primary N) is 1. The zero-order valence-corrected chi connectivity index (χ0v) is 23.4. The average Bonchev–Trinajstić information content (AvgIpc) is 2.94. The highest BCUT2D eigenvalue weighted by atomic mass is 16.3. The summed E-state index contributed by atoms with van der Waals surface area (Å²) in [5.74, 6) is -0.639. The molecule has 8 N–H and O–H groups in total. The number of carbonyl (C=O) groups is 2. The molecular formula is C30H46N4O6. The van der Waals surface area contributed by atoms with Crippen LogP contribution in [0.3, 0.4) is 0 Å². The molecule has 0 saturated carbocycles. The molecule has 2 rings (SSSR count). The minimum Gasteiger partial charge on any atom is -0.504 e. The number of carbonyl (C=O) groups excluding carboxylic acids is 2. The molecule has 0 aromatic heterocycles. The van der Waals surface area contributed by atoms with Crippen LogP contribution in [0.15, 0.2) is 36.4 Å².